The smallest absolute Gasteiger partial charge is 0.188 e. The van der Waals surface area contributed by atoms with Crippen LogP contribution in [0.15, 0.2) is 17.0 Å². The SMILES string of the molecule is CC(=O)c1nc(-c2nccs2)cs1. The van der Waals surface area contributed by atoms with Gasteiger partial charge in [-0.15, -0.1) is 22.7 Å². The van der Waals surface area contributed by atoms with Crippen molar-refractivity contribution in [2.75, 3.05) is 0 Å². The zero-order valence-electron chi connectivity index (χ0n) is 6.85. The molecule has 0 N–H and O–H groups in total. The second kappa shape index (κ2) is 3.35. The Morgan fingerprint density at radius 3 is 2.85 bits per heavy atom. The van der Waals surface area contributed by atoms with Crippen LogP contribution in [0.2, 0.25) is 0 Å². The number of ketones is 1. The van der Waals surface area contributed by atoms with Crippen molar-refractivity contribution in [1.82, 2.24) is 9.97 Å². The number of thiazole rings is 2. The van der Waals surface area contributed by atoms with Gasteiger partial charge in [0.05, 0.1) is 0 Å². The lowest BCUT2D eigenvalue weighted by Gasteiger charge is -1.85. The van der Waals surface area contributed by atoms with Gasteiger partial charge in [0.1, 0.15) is 10.7 Å². The molecule has 0 fully saturated rings. The third-order valence-corrected chi connectivity index (χ3v) is 3.20. The highest BCUT2D eigenvalue weighted by atomic mass is 32.1. The highest BCUT2D eigenvalue weighted by molar-refractivity contribution is 7.14. The van der Waals surface area contributed by atoms with Gasteiger partial charge in [0.25, 0.3) is 0 Å². The van der Waals surface area contributed by atoms with Crippen LogP contribution in [-0.2, 0) is 0 Å². The van der Waals surface area contributed by atoms with Crippen LogP contribution in [0.3, 0.4) is 0 Å². The number of hydrogen-bond acceptors (Lipinski definition) is 5. The molecule has 0 aliphatic heterocycles. The van der Waals surface area contributed by atoms with E-state index in [-0.39, 0.29) is 5.78 Å². The molecule has 0 bridgehead atoms. The minimum atomic E-state index is 0.00723. The summed E-state index contributed by atoms with van der Waals surface area (Å²) in [6.45, 7) is 1.52. The van der Waals surface area contributed by atoms with Gasteiger partial charge in [0, 0.05) is 23.9 Å². The number of nitrogens with zero attached hydrogens (tertiary/aromatic N) is 2. The van der Waals surface area contributed by atoms with Crippen molar-refractivity contribution >= 4 is 28.5 Å². The molecule has 0 aromatic carbocycles. The molecular weight excluding hydrogens is 204 g/mol. The van der Waals surface area contributed by atoms with Crippen molar-refractivity contribution in [1.29, 1.82) is 0 Å². The third kappa shape index (κ3) is 1.66. The molecule has 0 unspecified atom stereocenters. The molecule has 0 saturated carbocycles. The van der Waals surface area contributed by atoms with Gasteiger partial charge in [-0.05, 0) is 0 Å². The topological polar surface area (TPSA) is 42.9 Å². The highest BCUT2D eigenvalue weighted by Gasteiger charge is 2.08. The first-order valence-electron chi connectivity index (χ1n) is 3.63. The largest absolute Gasteiger partial charge is 0.292 e. The van der Waals surface area contributed by atoms with Gasteiger partial charge in [-0.25, -0.2) is 9.97 Å². The van der Waals surface area contributed by atoms with Crippen LogP contribution in [0.25, 0.3) is 10.7 Å². The van der Waals surface area contributed by atoms with E-state index in [1.807, 2.05) is 10.8 Å². The average Bonchev–Trinajstić information content (AvgIpc) is 2.75. The summed E-state index contributed by atoms with van der Waals surface area (Å²) in [5, 5.41) is 5.16. The molecule has 0 radical (unpaired) electrons. The van der Waals surface area contributed by atoms with Crippen LogP contribution >= 0.6 is 22.7 Å². The summed E-state index contributed by atoms with van der Waals surface area (Å²) in [5.74, 6) is 0.00723. The van der Waals surface area contributed by atoms with Crippen LogP contribution < -0.4 is 0 Å². The summed E-state index contributed by atoms with van der Waals surface area (Å²) in [6.07, 6.45) is 1.73. The van der Waals surface area contributed by atoms with Crippen molar-refractivity contribution in [2.45, 2.75) is 6.92 Å². The lowest BCUT2D eigenvalue weighted by atomic mass is 10.4. The van der Waals surface area contributed by atoms with E-state index in [1.165, 1.54) is 29.6 Å². The van der Waals surface area contributed by atoms with Gasteiger partial charge >= 0.3 is 0 Å². The molecular formula is C8H6N2OS2. The zero-order valence-corrected chi connectivity index (χ0v) is 8.48. The predicted octanol–water partition coefficient (Wildman–Crippen LogP) is 2.47. The zero-order chi connectivity index (χ0) is 9.26. The second-order valence-corrected chi connectivity index (χ2v) is 4.18. The molecule has 2 heterocycles. The lowest BCUT2D eigenvalue weighted by molar-refractivity contribution is 0.101. The molecule has 0 amide bonds. The number of hydrogen-bond donors (Lipinski definition) is 0. The van der Waals surface area contributed by atoms with Gasteiger partial charge in [-0.3, -0.25) is 4.79 Å². The Morgan fingerprint density at radius 2 is 2.31 bits per heavy atom. The van der Waals surface area contributed by atoms with Gasteiger partial charge < -0.3 is 0 Å². The highest BCUT2D eigenvalue weighted by Crippen LogP contribution is 2.23. The van der Waals surface area contributed by atoms with E-state index in [0.29, 0.717) is 5.01 Å². The molecule has 0 atom stereocenters. The number of aromatic nitrogens is 2. The first kappa shape index (κ1) is 8.52. The van der Waals surface area contributed by atoms with Gasteiger partial charge in [-0.1, -0.05) is 0 Å². The molecule has 3 nitrogen and oxygen atoms in total. The van der Waals surface area contributed by atoms with Crippen LogP contribution in [0, 0.1) is 0 Å². The minimum absolute atomic E-state index is 0.00723. The van der Waals surface area contributed by atoms with Crippen molar-refractivity contribution in [2.24, 2.45) is 0 Å². The standard InChI is InChI=1S/C8H6N2OS2/c1-5(11)7-10-6(4-13-7)8-9-2-3-12-8/h2-4H,1H3. The summed E-state index contributed by atoms with van der Waals surface area (Å²) in [7, 11) is 0. The van der Waals surface area contributed by atoms with E-state index in [9.17, 15) is 4.79 Å². The first-order chi connectivity index (χ1) is 6.27. The molecule has 2 aromatic heterocycles. The normalized spacial score (nSPS) is 10.2. The molecule has 2 rings (SSSR count). The quantitative estimate of drug-likeness (QED) is 0.715. The number of carbonyl (C=O) groups excluding carboxylic acids is 1. The average molecular weight is 210 g/mol. The van der Waals surface area contributed by atoms with E-state index in [4.69, 9.17) is 0 Å². The second-order valence-electron chi connectivity index (χ2n) is 2.43. The fraction of sp³-hybridized carbons (Fsp3) is 0.125. The van der Waals surface area contributed by atoms with Crippen molar-refractivity contribution in [3.05, 3.63) is 22.0 Å². The van der Waals surface area contributed by atoms with Crippen LogP contribution in [0.5, 0.6) is 0 Å². The summed E-state index contributed by atoms with van der Waals surface area (Å²) >= 11 is 2.88. The Labute approximate surface area is 83.1 Å². The maximum absolute atomic E-state index is 11.0. The molecule has 2 aromatic rings. The Balaban J connectivity index is 2.39. The molecule has 5 heteroatoms. The molecule has 0 aliphatic carbocycles. The number of rotatable bonds is 2. The van der Waals surface area contributed by atoms with Crippen LogP contribution in [0.1, 0.15) is 16.7 Å². The summed E-state index contributed by atoms with van der Waals surface area (Å²) in [4.78, 5) is 19.2. The summed E-state index contributed by atoms with van der Waals surface area (Å²) in [6, 6.07) is 0. The molecule has 66 valence electrons. The van der Waals surface area contributed by atoms with E-state index in [1.54, 1.807) is 6.20 Å². The third-order valence-electron chi connectivity index (χ3n) is 1.46. The molecule has 13 heavy (non-hydrogen) atoms. The van der Waals surface area contributed by atoms with Crippen molar-refractivity contribution in [3.63, 3.8) is 0 Å². The summed E-state index contributed by atoms with van der Waals surface area (Å²) < 4.78 is 0. The Morgan fingerprint density at radius 1 is 1.46 bits per heavy atom. The van der Waals surface area contributed by atoms with Gasteiger partial charge in [-0.2, -0.15) is 0 Å². The fourth-order valence-corrected chi connectivity index (χ4v) is 2.26. The monoisotopic (exact) mass is 210 g/mol. The van der Waals surface area contributed by atoms with E-state index in [0.717, 1.165) is 10.7 Å². The van der Waals surface area contributed by atoms with E-state index in [2.05, 4.69) is 9.97 Å². The van der Waals surface area contributed by atoms with Crippen LogP contribution in [0.4, 0.5) is 0 Å². The van der Waals surface area contributed by atoms with Gasteiger partial charge in [0.2, 0.25) is 0 Å². The molecule has 0 aliphatic rings. The first-order valence-corrected chi connectivity index (χ1v) is 5.39. The van der Waals surface area contributed by atoms with Crippen molar-refractivity contribution in [3.8, 4) is 10.7 Å². The molecule has 0 saturated heterocycles. The van der Waals surface area contributed by atoms with E-state index < -0.39 is 0 Å². The maximum atomic E-state index is 11.0. The van der Waals surface area contributed by atoms with Crippen LogP contribution in [-0.4, -0.2) is 15.8 Å². The minimum Gasteiger partial charge on any atom is -0.292 e. The number of carbonyl (C=O) groups is 1. The van der Waals surface area contributed by atoms with Gasteiger partial charge in [0.15, 0.2) is 10.8 Å². The lowest BCUT2D eigenvalue weighted by Crippen LogP contribution is -1.89. The Bertz CT molecular complexity index is 419. The number of Topliss-reactive ketones (excluding diaryl/α,β-unsaturated/α-hetero) is 1. The predicted molar refractivity (Wildman–Crippen MR) is 53.2 cm³/mol. The summed E-state index contributed by atoms with van der Waals surface area (Å²) in [5.41, 5.74) is 0.796. The Hall–Kier alpha value is -1.07. The maximum Gasteiger partial charge on any atom is 0.188 e. The molecule has 0 spiro atoms. The fourth-order valence-electron chi connectivity index (χ4n) is 0.884. The van der Waals surface area contributed by atoms with Crippen molar-refractivity contribution < 1.29 is 4.79 Å². The Kier molecular flexibility index (Phi) is 2.20. The van der Waals surface area contributed by atoms with E-state index >= 15 is 0 Å².